The predicted molar refractivity (Wildman–Crippen MR) is 107 cm³/mol. The molecule has 0 saturated carbocycles. The van der Waals surface area contributed by atoms with Gasteiger partial charge >= 0.3 is 0 Å². The summed E-state index contributed by atoms with van der Waals surface area (Å²) in [5.41, 5.74) is 1.79. The lowest BCUT2D eigenvalue weighted by atomic mass is 10.1. The van der Waals surface area contributed by atoms with Gasteiger partial charge in [0.05, 0.1) is 6.04 Å². The van der Waals surface area contributed by atoms with Crippen LogP contribution in [0.2, 0.25) is 0 Å². The van der Waals surface area contributed by atoms with Gasteiger partial charge in [0.15, 0.2) is 10.9 Å². The summed E-state index contributed by atoms with van der Waals surface area (Å²) in [6.45, 7) is 0.718. The minimum Gasteiger partial charge on any atom is -0.330 e. The first-order chi connectivity index (χ1) is 13.3. The second-order valence-corrected chi connectivity index (χ2v) is 7.08. The van der Waals surface area contributed by atoms with Crippen molar-refractivity contribution in [1.82, 2.24) is 19.9 Å². The van der Waals surface area contributed by atoms with Crippen LogP contribution in [0.1, 0.15) is 30.1 Å². The Balaban J connectivity index is 1.55. The summed E-state index contributed by atoms with van der Waals surface area (Å²) < 4.78 is 0. The molecule has 6 nitrogen and oxygen atoms in total. The van der Waals surface area contributed by atoms with E-state index < -0.39 is 0 Å². The maximum absolute atomic E-state index is 12.8. The highest BCUT2D eigenvalue weighted by Gasteiger charge is 2.32. The second kappa shape index (κ2) is 8.09. The molecular weight excluding hydrogens is 358 g/mol. The average molecular weight is 377 g/mol. The molecule has 3 heterocycles. The molecule has 0 radical (unpaired) electrons. The predicted octanol–water partition coefficient (Wildman–Crippen LogP) is 4.05. The summed E-state index contributed by atoms with van der Waals surface area (Å²) in [6.07, 6.45) is 10.4. The number of benzene rings is 1. The molecule has 27 heavy (non-hydrogen) atoms. The van der Waals surface area contributed by atoms with E-state index in [1.807, 2.05) is 46.7 Å². The zero-order chi connectivity index (χ0) is 18.5. The molecule has 1 aliphatic rings. The normalized spacial score (nSPS) is 16.7. The number of nitrogens with one attached hydrogen (secondary N) is 1. The Morgan fingerprint density at radius 2 is 2.00 bits per heavy atom. The number of amides is 1. The van der Waals surface area contributed by atoms with Crippen LogP contribution in [-0.4, -0.2) is 32.3 Å². The number of carbonyl (C=O) groups excluding carboxylic acids is 1. The Kier molecular flexibility index (Phi) is 5.20. The van der Waals surface area contributed by atoms with Crippen LogP contribution in [0.4, 0.5) is 10.9 Å². The van der Waals surface area contributed by atoms with Crippen molar-refractivity contribution in [3.63, 3.8) is 0 Å². The molecule has 1 amide bonds. The van der Waals surface area contributed by atoms with Crippen LogP contribution in [0.3, 0.4) is 0 Å². The van der Waals surface area contributed by atoms with Crippen molar-refractivity contribution in [2.75, 3.05) is 11.9 Å². The molecule has 4 rings (SSSR count). The van der Waals surface area contributed by atoms with Gasteiger partial charge in [-0.3, -0.25) is 9.78 Å². The van der Waals surface area contributed by atoms with Gasteiger partial charge < -0.3 is 10.2 Å². The van der Waals surface area contributed by atoms with Crippen molar-refractivity contribution in [1.29, 1.82) is 0 Å². The van der Waals surface area contributed by atoms with E-state index in [0.717, 1.165) is 35.8 Å². The third-order valence-electron chi connectivity index (χ3n) is 4.45. The summed E-state index contributed by atoms with van der Waals surface area (Å²) in [6, 6.07) is 9.74. The van der Waals surface area contributed by atoms with Gasteiger partial charge in [0, 0.05) is 36.6 Å². The van der Waals surface area contributed by atoms with Crippen molar-refractivity contribution < 1.29 is 4.79 Å². The number of thiazole rings is 1. The van der Waals surface area contributed by atoms with Gasteiger partial charge in [-0.15, -0.1) is 11.3 Å². The Morgan fingerprint density at radius 3 is 2.81 bits per heavy atom. The third kappa shape index (κ3) is 4.03. The standard InChI is InChI=1S/C20H19N5OS/c26-17(9-8-15-5-2-1-3-6-15)25-13-4-7-16(25)18-19(22-11-10-21-18)24-20-23-12-14-27-20/h1-3,5-6,8-12,14,16H,4,7,13H2,(H,22,23,24)/b9-8+. The molecule has 7 heteroatoms. The number of likely N-dealkylation sites (tertiary alicyclic amines) is 1. The van der Waals surface area contributed by atoms with E-state index in [0.29, 0.717) is 5.82 Å². The van der Waals surface area contributed by atoms with Crippen LogP contribution in [-0.2, 0) is 4.79 Å². The fourth-order valence-electron chi connectivity index (χ4n) is 3.22. The Bertz CT molecular complexity index is 927. The van der Waals surface area contributed by atoms with Crippen LogP contribution in [0.15, 0.2) is 60.4 Å². The van der Waals surface area contributed by atoms with Crippen molar-refractivity contribution in [3.8, 4) is 0 Å². The average Bonchev–Trinajstić information content (AvgIpc) is 3.39. The lowest BCUT2D eigenvalue weighted by molar-refractivity contribution is -0.126. The zero-order valence-electron chi connectivity index (χ0n) is 14.7. The largest absolute Gasteiger partial charge is 0.330 e. The molecule has 0 spiro atoms. The third-order valence-corrected chi connectivity index (χ3v) is 5.14. The van der Waals surface area contributed by atoms with Gasteiger partial charge in [-0.1, -0.05) is 30.3 Å². The first kappa shape index (κ1) is 17.4. The summed E-state index contributed by atoms with van der Waals surface area (Å²) >= 11 is 1.50. The molecule has 2 aromatic heterocycles. The number of hydrogen-bond donors (Lipinski definition) is 1. The molecule has 1 atom stereocenters. The van der Waals surface area contributed by atoms with Crippen LogP contribution >= 0.6 is 11.3 Å². The zero-order valence-corrected chi connectivity index (χ0v) is 15.5. The highest BCUT2D eigenvalue weighted by molar-refractivity contribution is 7.13. The van der Waals surface area contributed by atoms with E-state index in [1.54, 1.807) is 24.7 Å². The first-order valence-corrected chi connectivity index (χ1v) is 9.70. The SMILES string of the molecule is O=C(/C=C/c1ccccc1)N1CCCC1c1nccnc1Nc1nccs1. The van der Waals surface area contributed by atoms with Gasteiger partial charge in [-0.2, -0.15) is 0 Å². The highest BCUT2D eigenvalue weighted by atomic mass is 32.1. The molecule has 136 valence electrons. The van der Waals surface area contributed by atoms with Crippen LogP contribution in [0.25, 0.3) is 6.08 Å². The van der Waals surface area contributed by atoms with Crippen LogP contribution in [0.5, 0.6) is 0 Å². The molecule has 0 bridgehead atoms. The fraction of sp³-hybridized carbons (Fsp3) is 0.200. The Labute approximate surface area is 161 Å². The Hall–Kier alpha value is -3.06. The molecule has 0 aliphatic carbocycles. The first-order valence-electron chi connectivity index (χ1n) is 8.82. The number of hydrogen-bond acceptors (Lipinski definition) is 6. The quantitative estimate of drug-likeness (QED) is 0.679. The van der Waals surface area contributed by atoms with Crippen LogP contribution in [0, 0.1) is 0 Å². The van der Waals surface area contributed by atoms with Gasteiger partial charge in [0.25, 0.3) is 0 Å². The maximum atomic E-state index is 12.8. The minimum atomic E-state index is -0.0888. The maximum Gasteiger partial charge on any atom is 0.247 e. The number of rotatable bonds is 5. The van der Waals surface area contributed by atoms with Crippen molar-refractivity contribution in [3.05, 3.63) is 71.6 Å². The smallest absolute Gasteiger partial charge is 0.247 e. The van der Waals surface area contributed by atoms with E-state index in [9.17, 15) is 4.79 Å². The minimum absolute atomic E-state index is 0.00722. The van der Waals surface area contributed by atoms with Crippen molar-refractivity contribution in [2.45, 2.75) is 18.9 Å². The number of aromatic nitrogens is 3. The molecule has 1 aliphatic heterocycles. The van der Waals surface area contributed by atoms with Gasteiger partial charge in [-0.05, 0) is 24.5 Å². The van der Waals surface area contributed by atoms with Gasteiger partial charge in [0.2, 0.25) is 5.91 Å². The highest BCUT2D eigenvalue weighted by Crippen LogP contribution is 2.35. The van der Waals surface area contributed by atoms with E-state index in [-0.39, 0.29) is 11.9 Å². The number of nitrogens with zero attached hydrogens (tertiary/aromatic N) is 4. The Morgan fingerprint density at radius 1 is 1.15 bits per heavy atom. The molecule has 1 N–H and O–H groups in total. The van der Waals surface area contributed by atoms with Crippen molar-refractivity contribution >= 4 is 34.3 Å². The molecule has 1 unspecified atom stereocenters. The summed E-state index contributed by atoms with van der Waals surface area (Å²) in [4.78, 5) is 27.9. The molecule has 3 aromatic rings. The molecule has 1 aromatic carbocycles. The van der Waals surface area contributed by atoms with E-state index >= 15 is 0 Å². The van der Waals surface area contributed by atoms with E-state index in [4.69, 9.17) is 0 Å². The molecule has 1 saturated heterocycles. The van der Waals surface area contributed by atoms with E-state index in [1.165, 1.54) is 11.3 Å². The number of anilines is 2. The van der Waals surface area contributed by atoms with E-state index in [2.05, 4.69) is 20.3 Å². The molecular formula is C20H19N5OS. The van der Waals surface area contributed by atoms with Crippen molar-refractivity contribution in [2.24, 2.45) is 0 Å². The van der Waals surface area contributed by atoms with Crippen LogP contribution < -0.4 is 5.32 Å². The fourth-order valence-corrected chi connectivity index (χ4v) is 3.75. The summed E-state index contributed by atoms with van der Waals surface area (Å²) in [5.74, 6) is 0.649. The monoisotopic (exact) mass is 377 g/mol. The molecule has 1 fully saturated rings. The van der Waals surface area contributed by atoms with Gasteiger partial charge in [0.1, 0.15) is 5.69 Å². The lowest BCUT2D eigenvalue weighted by Crippen LogP contribution is -2.30. The summed E-state index contributed by atoms with van der Waals surface area (Å²) in [7, 11) is 0. The van der Waals surface area contributed by atoms with Gasteiger partial charge in [-0.25, -0.2) is 9.97 Å². The summed E-state index contributed by atoms with van der Waals surface area (Å²) in [5, 5.41) is 5.89. The second-order valence-electron chi connectivity index (χ2n) is 6.19. The number of carbonyl (C=O) groups is 1. The topological polar surface area (TPSA) is 71.0 Å². The lowest BCUT2D eigenvalue weighted by Gasteiger charge is -2.24.